The molecule has 24 heavy (non-hydrogen) atoms. The predicted octanol–water partition coefficient (Wildman–Crippen LogP) is 1.25. The normalized spacial score (nSPS) is 14.9. The second kappa shape index (κ2) is 9.66. The zero-order valence-corrected chi connectivity index (χ0v) is 15.0. The van der Waals surface area contributed by atoms with Gasteiger partial charge in [-0.3, -0.25) is 4.79 Å². The molecule has 0 spiro atoms. The topological polar surface area (TPSA) is 113 Å². The number of hydrogen-bond donors (Lipinski definition) is 4. The molecule has 134 valence electrons. The van der Waals surface area contributed by atoms with Gasteiger partial charge in [-0.15, -0.1) is 11.8 Å². The van der Waals surface area contributed by atoms with Crippen molar-refractivity contribution in [3.8, 4) is 0 Å². The van der Waals surface area contributed by atoms with Crippen LogP contribution in [0.3, 0.4) is 0 Å². The summed E-state index contributed by atoms with van der Waals surface area (Å²) in [5.41, 5.74) is 6.82. The Kier molecular flexibility index (Phi) is 8.24. The highest BCUT2D eigenvalue weighted by Crippen LogP contribution is 2.16. The van der Waals surface area contributed by atoms with Gasteiger partial charge in [0.25, 0.3) is 5.91 Å². The van der Waals surface area contributed by atoms with Crippen LogP contribution in [-0.2, 0) is 16.0 Å². The number of nitrogens with one attached hydrogen (secondary N) is 1. The highest BCUT2D eigenvalue weighted by atomic mass is 32.2. The van der Waals surface area contributed by atoms with Crippen LogP contribution in [0.25, 0.3) is 0 Å². The number of benzene rings is 1. The number of carbonyl (C=O) groups excluding carboxylic acids is 1. The fraction of sp³-hybridized carbons (Fsp3) is 0.529. The summed E-state index contributed by atoms with van der Waals surface area (Å²) in [7, 11) is 0. The van der Waals surface area contributed by atoms with E-state index in [0.717, 1.165) is 10.5 Å². The highest BCUT2D eigenvalue weighted by Gasteiger charge is 2.28. The summed E-state index contributed by atoms with van der Waals surface area (Å²) in [6.45, 7) is 3.73. The lowest BCUT2D eigenvalue weighted by Gasteiger charge is -2.22. The molecule has 0 aromatic heterocycles. The van der Waals surface area contributed by atoms with Gasteiger partial charge < -0.3 is 21.3 Å². The van der Waals surface area contributed by atoms with Gasteiger partial charge in [0.15, 0.2) is 0 Å². The lowest BCUT2D eigenvalue weighted by molar-refractivity contribution is -0.144. The van der Waals surface area contributed by atoms with Crippen molar-refractivity contribution >= 4 is 23.6 Å². The van der Waals surface area contributed by atoms with Gasteiger partial charge in [0, 0.05) is 10.9 Å². The van der Waals surface area contributed by atoms with E-state index >= 15 is 0 Å². The molecule has 0 bridgehead atoms. The van der Waals surface area contributed by atoms with Gasteiger partial charge in [0.1, 0.15) is 12.1 Å². The molecular weight excluding hydrogens is 328 g/mol. The molecule has 0 radical (unpaired) electrons. The van der Waals surface area contributed by atoms with Crippen LogP contribution < -0.4 is 11.1 Å². The molecule has 0 saturated carbocycles. The fourth-order valence-electron chi connectivity index (χ4n) is 2.29. The molecular formula is C17H26N2O4S. The summed E-state index contributed by atoms with van der Waals surface area (Å²) in [5.74, 6) is -1.77. The van der Waals surface area contributed by atoms with Crippen molar-refractivity contribution in [2.45, 2.75) is 49.8 Å². The summed E-state index contributed by atoms with van der Waals surface area (Å²) in [4.78, 5) is 24.4. The Morgan fingerprint density at radius 2 is 1.83 bits per heavy atom. The minimum atomic E-state index is -1.46. The Labute approximate surface area is 146 Å². The number of aliphatic hydroxyl groups excluding tert-OH is 1. The third-order valence-corrected chi connectivity index (χ3v) is 4.37. The first-order chi connectivity index (χ1) is 11.2. The monoisotopic (exact) mass is 354 g/mol. The lowest BCUT2D eigenvalue weighted by Crippen LogP contribution is -2.52. The number of nitrogens with two attached hydrogens (primary N) is 1. The molecule has 0 aliphatic heterocycles. The first kappa shape index (κ1) is 20.5. The zero-order valence-electron chi connectivity index (χ0n) is 14.2. The summed E-state index contributed by atoms with van der Waals surface area (Å²) < 4.78 is 0. The smallest absolute Gasteiger partial charge is 0.326 e. The Balaban J connectivity index is 2.63. The summed E-state index contributed by atoms with van der Waals surface area (Å²) in [6, 6.07) is 5.85. The van der Waals surface area contributed by atoms with Crippen molar-refractivity contribution in [2.24, 2.45) is 11.7 Å². The van der Waals surface area contributed by atoms with E-state index in [0.29, 0.717) is 12.8 Å². The summed E-state index contributed by atoms with van der Waals surface area (Å²) in [6.07, 6.45) is 1.13. The minimum absolute atomic E-state index is 0.104. The molecule has 6 nitrogen and oxygen atoms in total. The molecule has 0 aliphatic carbocycles. The number of carboxylic acids is 1. The van der Waals surface area contributed by atoms with Crippen LogP contribution in [0.4, 0.5) is 0 Å². The Bertz CT molecular complexity index is 548. The Morgan fingerprint density at radius 1 is 1.25 bits per heavy atom. The van der Waals surface area contributed by atoms with E-state index in [-0.39, 0.29) is 5.92 Å². The van der Waals surface area contributed by atoms with Crippen molar-refractivity contribution in [3.63, 3.8) is 0 Å². The van der Waals surface area contributed by atoms with Crippen molar-refractivity contribution in [2.75, 3.05) is 6.26 Å². The van der Waals surface area contributed by atoms with Crippen LogP contribution in [0.1, 0.15) is 25.8 Å². The van der Waals surface area contributed by atoms with Gasteiger partial charge in [0.05, 0.1) is 0 Å². The van der Waals surface area contributed by atoms with Crippen LogP contribution in [-0.4, -0.2) is 46.5 Å². The minimum Gasteiger partial charge on any atom is -0.480 e. The number of hydrogen-bond acceptors (Lipinski definition) is 5. The molecule has 1 aromatic carbocycles. The molecule has 3 atom stereocenters. The Hall–Kier alpha value is -1.57. The van der Waals surface area contributed by atoms with E-state index in [1.807, 2.05) is 44.4 Å². The standard InChI is InChI=1S/C17H26N2O4S/c1-10(2)8-14(17(22)23)19-16(21)15(20)13(18)9-11-4-6-12(24-3)7-5-11/h4-7,10,13-15,20H,8-9,18H2,1-3H3,(H,19,21)(H,22,23)/t13?,14-,15?/m0/s1. The fourth-order valence-corrected chi connectivity index (χ4v) is 2.70. The van der Waals surface area contributed by atoms with Crippen LogP contribution in [0.15, 0.2) is 29.2 Å². The largest absolute Gasteiger partial charge is 0.480 e. The van der Waals surface area contributed by atoms with Gasteiger partial charge in [-0.25, -0.2) is 4.79 Å². The molecule has 1 amide bonds. The molecule has 0 heterocycles. The maximum Gasteiger partial charge on any atom is 0.326 e. The van der Waals surface area contributed by atoms with Crippen molar-refractivity contribution in [3.05, 3.63) is 29.8 Å². The van der Waals surface area contributed by atoms with Gasteiger partial charge in [-0.2, -0.15) is 0 Å². The molecule has 1 aromatic rings. The SMILES string of the molecule is CSc1ccc(CC(N)C(O)C(=O)N[C@@H](CC(C)C)C(=O)O)cc1. The number of rotatable bonds is 9. The third kappa shape index (κ3) is 6.51. The molecule has 0 fully saturated rings. The van der Waals surface area contributed by atoms with Gasteiger partial charge >= 0.3 is 5.97 Å². The lowest BCUT2D eigenvalue weighted by atomic mass is 10.00. The highest BCUT2D eigenvalue weighted by molar-refractivity contribution is 7.98. The van der Waals surface area contributed by atoms with Crippen LogP contribution in [0, 0.1) is 5.92 Å². The average molecular weight is 354 g/mol. The molecule has 5 N–H and O–H groups in total. The van der Waals surface area contributed by atoms with Crippen LogP contribution >= 0.6 is 11.8 Å². The first-order valence-electron chi connectivity index (χ1n) is 7.84. The number of carbonyl (C=O) groups is 2. The number of thioether (sulfide) groups is 1. The molecule has 2 unspecified atom stereocenters. The van der Waals surface area contributed by atoms with E-state index in [4.69, 9.17) is 10.8 Å². The van der Waals surface area contributed by atoms with Crippen molar-refractivity contribution in [1.82, 2.24) is 5.32 Å². The molecule has 0 aliphatic rings. The van der Waals surface area contributed by atoms with Crippen LogP contribution in [0.5, 0.6) is 0 Å². The van der Waals surface area contributed by atoms with E-state index in [1.54, 1.807) is 11.8 Å². The molecule has 0 saturated heterocycles. The van der Waals surface area contributed by atoms with Gasteiger partial charge in [-0.05, 0) is 42.7 Å². The van der Waals surface area contributed by atoms with Gasteiger partial charge in [-0.1, -0.05) is 26.0 Å². The summed E-state index contributed by atoms with van der Waals surface area (Å²) >= 11 is 1.62. The molecule has 7 heteroatoms. The maximum atomic E-state index is 12.1. The first-order valence-corrected chi connectivity index (χ1v) is 9.06. The van der Waals surface area contributed by atoms with Gasteiger partial charge in [0.2, 0.25) is 0 Å². The van der Waals surface area contributed by atoms with E-state index in [2.05, 4.69) is 5.32 Å². The second-order valence-electron chi connectivity index (χ2n) is 6.19. The predicted molar refractivity (Wildman–Crippen MR) is 94.9 cm³/mol. The number of aliphatic hydroxyl groups is 1. The van der Waals surface area contributed by atoms with E-state index in [9.17, 15) is 14.7 Å². The van der Waals surface area contributed by atoms with E-state index < -0.39 is 30.1 Å². The molecule has 1 rings (SSSR count). The number of aliphatic carboxylic acids is 1. The van der Waals surface area contributed by atoms with Crippen molar-refractivity contribution in [1.29, 1.82) is 0 Å². The van der Waals surface area contributed by atoms with Crippen LogP contribution in [0.2, 0.25) is 0 Å². The number of amides is 1. The number of carboxylic acid groups (broad SMARTS) is 1. The zero-order chi connectivity index (χ0) is 18.3. The van der Waals surface area contributed by atoms with E-state index in [1.165, 1.54) is 0 Å². The third-order valence-electron chi connectivity index (χ3n) is 3.63. The maximum absolute atomic E-state index is 12.1. The van der Waals surface area contributed by atoms with Crippen molar-refractivity contribution < 1.29 is 19.8 Å². The Morgan fingerprint density at radius 3 is 2.29 bits per heavy atom. The summed E-state index contributed by atoms with van der Waals surface area (Å²) in [5, 5.41) is 21.6. The second-order valence-corrected chi connectivity index (χ2v) is 7.07. The average Bonchev–Trinajstić information content (AvgIpc) is 2.53. The quantitative estimate of drug-likeness (QED) is 0.497.